The number of hydrogen-bond donors (Lipinski definition) is 4. The fourth-order valence-corrected chi connectivity index (χ4v) is 2.71. The maximum absolute atomic E-state index is 11.5. The van der Waals surface area contributed by atoms with Crippen LogP contribution in [0.5, 0.6) is 0 Å². The van der Waals surface area contributed by atoms with Crippen LogP contribution in [0.3, 0.4) is 0 Å². The second-order valence-electron chi connectivity index (χ2n) is 6.06. The summed E-state index contributed by atoms with van der Waals surface area (Å²) >= 11 is 6.44. The van der Waals surface area contributed by atoms with Gasteiger partial charge in [-0.05, 0) is 50.7 Å². The van der Waals surface area contributed by atoms with Gasteiger partial charge in [0, 0.05) is 0 Å². The maximum atomic E-state index is 11.5. The zero-order valence-electron chi connectivity index (χ0n) is 12.7. The first kappa shape index (κ1) is 18.9. The molecular weight excluding hydrogens is 320 g/mol. The Labute approximate surface area is 141 Å². The van der Waals surface area contributed by atoms with Crippen LogP contribution in [0.2, 0.25) is 0 Å². The second-order valence-corrected chi connectivity index (χ2v) is 6.06. The molecule has 2 atom stereocenters. The zero-order valence-corrected chi connectivity index (χ0v) is 14.5. The molecule has 0 aromatic carbocycles. The van der Waals surface area contributed by atoms with Crippen LogP contribution >= 0.6 is 23.3 Å². The standard InChI is InChI=1S/C16H20O4.H2S2/c1-15(13(17)18)7-8-16(2,14(19)20)10-12-6-4-3-5-11(12)9-15;1-2/h7-10H,3-6H2,1-2H3,(H,17,18)(H,19,20);1-2H/b8-7-,11-9-,12-10-;. The normalized spacial score (nSPS) is 36.7. The predicted molar refractivity (Wildman–Crippen MR) is 93.2 cm³/mol. The van der Waals surface area contributed by atoms with E-state index in [4.69, 9.17) is 0 Å². The van der Waals surface area contributed by atoms with Crippen LogP contribution in [0.25, 0.3) is 0 Å². The van der Waals surface area contributed by atoms with Gasteiger partial charge >= 0.3 is 11.9 Å². The summed E-state index contributed by atoms with van der Waals surface area (Å²) in [6, 6.07) is 0. The van der Waals surface area contributed by atoms with Gasteiger partial charge in [0.15, 0.2) is 0 Å². The molecule has 0 aromatic rings. The molecule has 2 unspecified atom stereocenters. The van der Waals surface area contributed by atoms with Crippen LogP contribution in [0, 0.1) is 10.8 Å². The topological polar surface area (TPSA) is 74.6 Å². The highest BCUT2D eigenvalue weighted by molar-refractivity contribution is 8.59. The number of rotatable bonds is 2. The largest absolute Gasteiger partial charge is 0.480 e. The number of fused-ring (bicyclic) bond motifs is 1. The van der Waals surface area contributed by atoms with Crippen molar-refractivity contribution in [2.24, 2.45) is 10.8 Å². The molecule has 22 heavy (non-hydrogen) atoms. The van der Waals surface area contributed by atoms with Crippen LogP contribution in [0.1, 0.15) is 39.5 Å². The van der Waals surface area contributed by atoms with Gasteiger partial charge in [0.25, 0.3) is 0 Å². The van der Waals surface area contributed by atoms with Crippen molar-refractivity contribution in [3.8, 4) is 0 Å². The van der Waals surface area contributed by atoms with Crippen LogP contribution in [0.15, 0.2) is 35.5 Å². The van der Waals surface area contributed by atoms with Gasteiger partial charge in [-0.25, -0.2) is 0 Å². The molecule has 0 radical (unpaired) electrons. The molecule has 0 aromatic heterocycles. The molecule has 0 spiro atoms. The lowest BCUT2D eigenvalue weighted by atomic mass is 9.74. The van der Waals surface area contributed by atoms with Crippen LogP contribution in [-0.4, -0.2) is 22.2 Å². The molecule has 0 aliphatic heterocycles. The van der Waals surface area contributed by atoms with Gasteiger partial charge in [-0.3, -0.25) is 9.59 Å². The Balaban J connectivity index is 0.00000116. The van der Waals surface area contributed by atoms with Crippen molar-refractivity contribution in [3.05, 3.63) is 35.5 Å². The second kappa shape index (κ2) is 7.42. The molecule has 0 amide bonds. The lowest BCUT2D eigenvalue weighted by molar-refractivity contribution is -0.144. The molecule has 2 rings (SSSR count). The molecule has 1 fully saturated rings. The SMILES string of the molecule is CC1(C(=O)O)/C=C\C(C)(C(=O)O)/C=C2/CCCC/C2=C/1.SS. The van der Waals surface area contributed by atoms with Gasteiger partial charge in [0.2, 0.25) is 0 Å². The third kappa shape index (κ3) is 3.98. The minimum atomic E-state index is -1.15. The lowest BCUT2D eigenvalue weighted by Gasteiger charge is -2.29. The number of thiol groups is 2. The van der Waals surface area contributed by atoms with Gasteiger partial charge in [-0.15, -0.1) is 23.3 Å². The Bertz CT molecular complexity index is 502. The van der Waals surface area contributed by atoms with Crippen molar-refractivity contribution in [1.29, 1.82) is 0 Å². The number of carboxylic acid groups (broad SMARTS) is 2. The highest BCUT2D eigenvalue weighted by Crippen LogP contribution is 2.39. The summed E-state index contributed by atoms with van der Waals surface area (Å²) in [6.45, 7) is 3.22. The van der Waals surface area contributed by atoms with Crippen molar-refractivity contribution in [1.82, 2.24) is 0 Å². The van der Waals surface area contributed by atoms with Gasteiger partial charge in [0.05, 0.1) is 0 Å². The van der Waals surface area contributed by atoms with Gasteiger partial charge in [-0.2, -0.15) is 0 Å². The van der Waals surface area contributed by atoms with E-state index >= 15 is 0 Å². The molecule has 0 bridgehead atoms. The molecule has 2 aliphatic rings. The number of aliphatic carboxylic acids is 2. The molecule has 6 heteroatoms. The van der Waals surface area contributed by atoms with Crippen molar-refractivity contribution in [2.45, 2.75) is 39.5 Å². The zero-order chi connectivity index (χ0) is 17.0. The van der Waals surface area contributed by atoms with Crippen molar-refractivity contribution < 1.29 is 19.8 Å². The van der Waals surface area contributed by atoms with E-state index in [2.05, 4.69) is 23.3 Å². The first-order chi connectivity index (χ1) is 10.3. The third-order valence-electron chi connectivity index (χ3n) is 4.20. The summed E-state index contributed by atoms with van der Waals surface area (Å²) in [5.41, 5.74) is -0.331. The van der Waals surface area contributed by atoms with Crippen molar-refractivity contribution in [3.63, 3.8) is 0 Å². The average molecular weight is 342 g/mol. The van der Waals surface area contributed by atoms with Crippen molar-refractivity contribution in [2.75, 3.05) is 0 Å². The molecule has 0 saturated heterocycles. The van der Waals surface area contributed by atoms with E-state index in [0.717, 1.165) is 36.8 Å². The van der Waals surface area contributed by atoms with E-state index in [1.54, 1.807) is 26.0 Å². The number of allylic oxidation sites excluding steroid dienone is 2. The smallest absolute Gasteiger partial charge is 0.317 e. The number of carbonyl (C=O) groups is 2. The highest BCUT2D eigenvalue weighted by atomic mass is 33.1. The Morgan fingerprint density at radius 2 is 1.23 bits per heavy atom. The van der Waals surface area contributed by atoms with Crippen LogP contribution in [-0.2, 0) is 9.59 Å². The molecule has 2 aliphatic carbocycles. The summed E-state index contributed by atoms with van der Waals surface area (Å²) in [4.78, 5) is 23.1. The minimum absolute atomic E-state index is 0.818. The molecular formula is C16H22O4S2. The Morgan fingerprint density at radius 3 is 1.50 bits per heavy atom. The maximum Gasteiger partial charge on any atom is 0.317 e. The summed E-state index contributed by atoms with van der Waals surface area (Å²) in [5.74, 6) is -1.92. The first-order valence-electron chi connectivity index (χ1n) is 7.08. The Kier molecular flexibility index (Phi) is 6.38. The van der Waals surface area contributed by atoms with Gasteiger partial charge in [0.1, 0.15) is 10.8 Å². The first-order valence-corrected chi connectivity index (χ1v) is 8.68. The fraction of sp³-hybridized carbons (Fsp3) is 0.500. The van der Waals surface area contributed by atoms with E-state index in [0.29, 0.717) is 0 Å². The van der Waals surface area contributed by atoms with E-state index in [9.17, 15) is 19.8 Å². The summed E-state index contributed by atoms with van der Waals surface area (Å²) in [7, 11) is 0. The van der Waals surface area contributed by atoms with E-state index < -0.39 is 22.8 Å². The third-order valence-corrected chi connectivity index (χ3v) is 4.20. The monoisotopic (exact) mass is 342 g/mol. The van der Waals surface area contributed by atoms with E-state index in [1.807, 2.05) is 0 Å². The molecule has 4 nitrogen and oxygen atoms in total. The Morgan fingerprint density at radius 1 is 0.909 bits per heavy atom. The fourth-order valence-electron chi connectivity index (χ4n) is 2.71. The number of carboxylic acids is 2. The molecule has 122 valence electrons. The quantitative estimate of drug-likeness (QED) is 0.348. The van der Waals surface area contributed by atoms with Crippen molar-refractivity contribution >= 4 is 35.3 Å². The minimum Gasteiger partial charge on any atom is -0.480 e. The highest BCUT2D eigenvalue weighted by Gasteiger charge is 2.36. The molecule has 1 saturated carbocycles. The summed E-state index contributed by atoms with van der Waals surface area (Å²) in [6.07, 6.45) is 10.2. The van der Waals surface area contributed by atoms with E-state index in [1.165, 1.54) is 12.2 Å². The summed E-state index contributed by atoms with van der Waals surface area (Å²) < 4.78 is 0. The summed E-state index contributed by atoms with van der Waals surface area (Å²) in [5, 5.41) is 18.9. The average Bonchev–Trinajstić information content (AvgIpc) is 2.47. The molecule has 2 N–H and O–H groups in total. The molecule has 0 heterocycles. The lowest BCUT2D eigenvalue weighted by Crippen LogP contribution is -2.29. The van der Waals surface area contributed by atoms with E-state index in [-0.39, 0.29) is 0 Å². The number of hydrogen-bond acceptors (Lipinski definition) is 4. The predicted octanol–water partition coefficient (Wildman–Crippen LogP) is 3.93. The Hall–Kier alpha value is -1.14. The van der Waals surface area contributed by atoms with Gasteiger partial charge in [-0.1, -0.05) is 24.3 Å². The van der Waals surface area contributed by atoms with Crippen LogP contribution in [0.4, 0.5) is 0 Å². The van der Waals surface area contributed by atoms with Crippen LogP contribution < -0.4 is 0 Å². The van der Waals surface area contributed by atoms with Gasteiger partial charge < -0.3 is 10.2 Å².